The fourth-order valence-electron chi connectivity index (χ4n) is 1.98. The zero-order valence-electron chi connectivity index (χ0n) is 9.16. The van der Waals surface area contributed by atoms with Crippen molar-refractivity contribution >= 4 is 16.8 Å². The first-order valence-corrected chi connectivity index (χ1v) is 5.49. The molecular formula is C15H16. The summed E-state index contributed by atoms with van der Waals surface area (Å²) in [6, 6.07) is 13.1. The Kier molecular flexibility index (Phi) is 2.86. The van der Waals surface area contributed by atoms with E-state index in [4.69, 9.17) is 0 Å². The third-order valence-corrected chi connectivity index (χ3v) is 2.75. The maximum atomic E-state index is 3.80. The molecule has 0 saturated carbocycles. The summed E-state index contributed by atoms with van der Waals surface area (Å²) in [5.74, 6) is 0. The maximum Gasteiger partial charge on any atom is -0.0151 e. The Hall–Kier alpha value is -1.56. The number of benzene rings is 2. The van der Waals surface area contributed by atoms with Crippen LogP contribution in [0.25, 0.3) is 16.8 Å². The van der Waals surface area contributed by atoms with Gasteiger partial charge in [-0.25, -0.2) is 0 Å². The first-order chi connectivity index (χ1) is 7.35. The van der Waals surface area contributed by atoms with E-state index in [-0.39, 0.29) is 0 Å². The minimum Gasteiger partial charge on any atom is -0.0985 e. The van der Waals surface area contributed by atoms with Gasteiger partial charge in [-0.15, -0.1) is 0 Å². The highest BCUT2D eigenvalue weighted by atomic mass is 14.0. The Balaban J connectivity index is 2.61. The molecule has 2 aromatic carbocycles. The van der Waals surface area contributed by atoms with Gasteiger partial charge in [0.05, 0.1) is 0 Å². The smallest absolute Gasteiger partial charge is 0.0151 e. The van der Waals surface area contributed by atoms with Gasteiger partial charge < -0.3 is 0 Å². The van der Waals surface area contributed by atoms with Crippen molar-refractivity contribution in [1.29, 1.82) is 0 Å². The Morgan fingerprint density at radius 1 is 1.20 bits per heavy atom. The van der Waals surface area contributed by atoms with Crippen LogP contribution in [0.3, 0.4) is 0 Å². The third-order valence-electron chi connectivity index (χ3n) is 2.75. The van der Waals surface area contributed by atoms with Crippen molar-refractivity contribution in [3.05, 3.63) is 54.1 Å². The summed E-state index contributed by atoms with van der Waals surface area (Å²) < 4.78 is 0. The van der Waals surface area contributed by atoms with Gasteiger partial charge in [0.15, 0.2) is 0 Å². The van der Waals surface area contributed by atoms with Crippen LogP contribution in [0.5, 0.6) is 0 Å². The van der Waals surface area contributed by atoms with Crippen LogP contribution in [0.1, 0.15) is 24.5 Å². The second-order valence-electron chi connectivity index (χ2n) is 3.85. The monoisotopic (exact) mass is 196 g/mol. The highest BCUT2D eigenvalue weighted by Crippen LogP contribution is 2.21. The van der Waals surface area contributed by atoms with E-state index in [0.717, 1.165) is 6.42 Å². The van der Waals surface area contributed by atoms with Gasteiger partial charge in [0.25, 0.3) is 0 Å². The second-order valence-corrected chi connectivity index (χ2v) is 3.85. The highest BCUT2D eigenvalue weighted by molar-refractivity contribution is 5.87. The van der Waals surface area contributed by atoms with Crippen LogP contribution in [0.4, 0.5) is 0 Å². The van der Waals surface area contributed by atoms with Crippen LogP contribution in [-0.2, 0) is 6.42 Å². The molecule has 0 saturated heterocycles. The molecule has 0 unspecified atom stereocenters. The molecule has 0 N–H and O–H groups in total. The molecule has 76 valence electrons. The summed E-state index contributed by atoms with van der Waals surface area (Å²) in [4.78, 5) is 0. The molecule has 0 bridgehead atoms. The molecule has 0 aliphatic carbocycles. The van der Waals surface area contributed by atoms with Crippen molar-refractivity contribution in [3.8, 4) is 0 Å². The molecule has 2 rings (SSSR count). The van der Waals surface area contributed by atoms with Crippen LogP contribution in [0.15, 0.2) is 43.0 Å². The molecule has 0 radical (unpaired) electrons. The Bertz CT molecular complexity index is 480. The standard InChI is InChI=1S/C15H16/c1-3-6-13-7-5-8-14-11-12(4-2)9-10-15(13)14/h4-5,7-11H,2-3,6H2,1H3. The summed E-state index contributed by atoms with van der Waals surface area (Å²) in [5, 5.41) is 2.70. The molecule has 2 aromatic rings. The molecule has 0 aromatic heterocycles. The van der Waals surface area contributed by atoms with Crippen molar-refractivity contribution in [1.82, 2.24) is 0 Å². The van der Waals surface area contributed by atoms with Gasteiger partial charge in [0, 0.05) is 0 Å². The number of hydrogen-bond acceptors (Lipinski definition) is 0. The first kappa shape index (κ1) is 9.97. The topological polar surface area (TPSA) is 0 Å². The van der Waals surface area contributed by atoms with Gasteiger partial charge in [-0.2, -0.15) is 0 Å². The summed E-state index contributed by atoms with van der Waals surface area (Å²) in [6.07, 6.45) is 4.25. The highest BCUT2D eigenvalue weighted by Gasteiger charge is 1.99. The first-order valence-electron chi connectivity index (χ1n) is 5.49. The lowest BCUT2D eigenvalue weighted by Crippen LogP contribution is -1.86. The van der Waals surface area contributed by atoms with Crippen LogP contribution < -0.4 is 0 Å². The molecule has 0 amide bonds. The fraction of sp³-hybridized carbons (Fsp3) is 0.200. The SMILES string of the molecule is C=Cc1ccc2c(CCC)cccc2c1. The molecule has 0 nitrogen and oxygen atoms in total. The average molecular weight is 196 g/mol. The number of hydrogen-bond donors (Lipinski definition) is 0. The van der Waals surface area contributed by atoms with Gasteiger partial charge in [-0.3, -0.25) is 0 Å². The van der Waals surface area contributed by atoms with Crippen LogP contribution in [-0.4, -0.2) is 0 Å². The molecule has 15 heavy (non-hydrogen) atoms. The summed E-state index contributed by atoms with van der Waals surface area (Å²) in [6.45, 7) is 6.02. The normalized spacial score (nSPS) is 10.5. The van der Waals surface area contributed by atoms with E-state index in [0.29, 0.717) is 0 Å². The molecule has 0 fully saturated rings. The fourth-order valence-corrected chi connectivity index (χ4v) is 1.98. The van der Waals surface area contributed by atoms with Crippen molar-refractivity contribution < 1.29 is 0 Å². The van der Waals surface area contributed by atoms with Crippen molar-refractivity contribution in [2.75, 3.05) is 0 Å². The van der Waals surface area contributed by atoms with Gasteiger partial charge in [-0.05, 0) is 34.4 Å². The van der Waals surface area contributed by atoms with Gasteiger partial charge in [0.2, 0.25) is 0 Å². The zero-order valence-corrected chi connectivity index (χ0v) is 9.16. The molecule has 0 aliphatic heterocycles. The Labute approximate surface area is 91.2 Å². The molecule has 0 heterocycles. The third kappa shape index (κ3) is 1.94. The van der Waals surface area contributed by atoms with Gasteiger partial charge in [0.1, 0.15) is 0 Å². The van der Waals surface area contributed by atoms with Crippen molar-refractivity contribution in [2.24, 2.45) is 0 Å². The number of aryl methyl sites for hydroxylation is 1. The second kappa shape index (κ2) is 4.31. The summed E-state index contributed by atoms with van der Waals surface area (Å²) >= 11 is 0. The van der Waals surface area contributed by atoms with Crippen LogP contribution in [0.2, 0.25) is 0 Å². The predicted molar refractivity (Wildman–Crippen MR) is 68.0 cm³/mol. The summed E-state index contributed by atoms with van der Waals surface area (Å²) in [5.41, 5.74) is 2.64. The van der Waals surface area contributed by atoms with Crippen molar-refractivity contribution in [2.45, 2.75) is 19.8 Å². The number of fused-ring (bicyclic) bond motifs is 1. The van der Waals surface area contributed by atoms with Gasteiger partial charge in [-0.1, -0.05) is 56.3 Å². The molecule has 0 heteroatoms. The van der Waals surface area contributed by atoms with E-state index >= 15 is 0 Å². The Morgan fingerprint density at radius 2 is 2.07 bits per heavy atom. The van der Waals surface area contributed by atoms with Crippen molar-refractivity contribution in [3.63, 3.8) is 0 Å². The minimum atomic E-state index is 1.16. The summed E-state index contributed by atoms with van der Waals surface area (Å²) in [7, 11) is 0. The van der Waals surface area contributed by atoms with Gasteiger partial charge >= 0.3 is 0 Å². The maximum absolute atomic E-state index is 3.80. The molecule has 0 aliphatic rings. The predicted octanol–water partition coefficient (Wildman–Crippen LogP) is 4.44. The molecule has 0 atom stereocenters. The molecule has 0 spiro atoms. The van der Waals surface area contributed by atoms with E-state index in [9.17, 15) is 0 Å². The lowest BCUT2D eigenvalue weighted by atomic mass is 9.99. The quantitative estimate of drug-likeness (QED) is 0.681. The van der Waals surface area contributed by atoms with E-state index in [1.54, 1.807) is 0 Å². The lowest BCUT2D eigenvalue weighted by molar-refractivity contribution is 0.929. The lowest BCUT2D eigenvalue weighted by Gasteiger charge is -2.05. The number of rotatable bonds is 3. The van der Waals surface area contributed by atoms with Crippen LogP contribution >= 0.6 is 0 Å². The average Bonchev–Trinajstić information content (AvgIpc) is 2.29. The molecular weight excluding hydrogens is 180 g/mol. The van der Waals surface area contributed by atoms with E-state index < -0.39 is 0 Å². The minimum absolute atomic E-state index is 1.16. The largest absolute Gasteiger partial charge is 0.0985 e. The van der Waals surface area contributed by atoms with E-state index in [2.05, 4.69) is 49.9 Å². The van der Waals surface area contributed by atoms with Crippen LogP contribution in [0, 0.1) is 0 Å². The zero-order chi connectivity index (χ0) is 10.7. The van der Waals surface area contributed by atoms with E-state index in [1.165, 1.54) is 28.3 Å². The Morgan fingerprint density at radius 3 is 2.80 bits per heavy atom. The van der Waals surface area contributed by atoms with E-state index in [1.807, 2.05) is 6.08 Å².